The van der Waals surface area contributed by atoms with Gasteiger partial charge in [0.15, 0.2) is 0 Å². The van der Waals surface area contributed by atoms with Gasteiger partial charge in [0.2, 0.25) is 0 Å². The Labute approximate surface area is 199 Å². The van der Waals surface area contributed by atoms with Crippen molar-refractivity contribution in [2.45, 2.75) is 6.18 Å². The number of halogens is 3. The number of amides is 1. The highest BCUT2D eigenvalue weighted by atomic mass is 19.4. The predicted molar refractivity (Wildman–Crippen MR) is 127 cm³/mol. The first-order valence-electron chi connectivity index (χ1n) is 11.0. The molecule has 0 radical (unpaired) electrons. The van der Waals surface area contributed by atoms with Crippen LogP contribution in [-0.4, -0.2) is 51.9 Å². The molecule has 10 heteroatoms. The molecule has 0 saturated carbocycles. The molecule has 35 heavy (non-hydrogen) atoms. The van der Waals surface area contributed by atoms with Crippen LogP contribution in [0.25, 0.3) is 10.9 Å². The Bertz CT molecular complexity index is 1340. The number of carbonyl (C=O) groups is 1. The highest BCUT2D eigenvalue weighted by molar-refractivity contribution is 5.96. The molecule has 7 nitrogen and oxygen atoms in total. The van der Waals surface area contributed by atoms with Crippen LogP contribution in [0.2, 0.25) is 0 Å². The summed E-state index contributed by atoms with van der Waals surface area (Å²) in [5, 5.41) is 3.78. The minimum absolute atomic E-state index is 0.0515. The van der Waals surface area contributed by atoms with E-state index in [1.807, 2.05) is 4.90 Å². The molecule has 1 aliphatic heterocycles. The number of aromatic nitrogens is 3. The highest BCUT2D eigenvalue weighted by Gasteiger charge is 2.30. The van der Waals surface area contributed by atoms with Crippen LogP contribution < -0.4 is 10.2 Å². The Morgan fingerprint density at radius 3 is 2.34 bits per heavy atom. The van der Waals surface area contributed by atoms with Crippen molar-refractivity contribution in [2.75, 3.05) is 36.4 Å². The van der Waals surface area contributed by atoms with Gasteiger partial charge >= 0.3 is 6.18 Å². The van der Waals surface area contributed by atoms with Crippen molar-refractivity contribution in [3.8, 4) is 0 Å². The first-order valence-corrected chi connectivity index (χ1v) is 11.0. The molecule has 0 unspecified atom stereocenters. The van der Waals surface area contributed by atoms with E-state index in [2.05, 4.69) is 25.2 Å². The van der Waals surface area contributed by atoms with E-state index < -0.39 is 11.7 Å². The van der Waals surface area contributed by atoms with Gasteiger partial charge in [-0.3, -0.25) is 14.8 Å². The maximum atomic E-state index is 13.0. The largest absolute Gasteiger partial charge is 0.416 e. The molecule has 178 valence electrons. The van der Waals surface area contributed by atoms with Crippen LogP contribution in [0.3, 0.4) is 0 Å². The van der Waals surface area contributed by atoms with Gasteiger partial charge in [-0.15, -0.1) is 0 Å². The van der Waals surface area contributed by atoms with Gasteiger partial charge in [-0.1, -0.05) is 6.07 Å². The molecule has 5 rings (SSSR count). The SMILES string of the molecule is O=C(c1ccc(Nc2ccnc3cc(C(F)(F)F)ccc23)cc1)N1CCN(c2cnccn2)CC1. The van der Waals surface area contributed by atoms with Crippen molar-refractivity contribution in [3.63, 3.8) is 0 Å². The number of nitrogens with one attached hydrogen (secondary N) is 1. The summed E-state index contributed by atoms with van der Waals surface area (Å²) in [7, 11) is 0. The second kappa shape index (κ2) is 9.21. The monoisotopic (exact) mass is 478 g/mol. The lowest BCUT2D eigenvalue weighted by Crippen LogP contribution is -2.49. The van der Waals surface area contributed by atoms with Crippen LogP contribution in [0.5, 0.6) is 0 Å². The van der Waals surface area contributed by atoms with Crippen LogP contribution in [0.1, 0.15) is 15.9 Å². The lowest BCUT2D eigenvalue weighted by atomic mass is 10.1. The quantitative estimate of drug-likeness (QED) is 0.456. The minimum Gasteiger partial charge on any atom is -0.355 e. The number of hydrogen-bond donors (Lipinski definition) is 1. The van der Waals surface area contributed by atoms with E-state index in [9.17, 15) is 18.0 Å². The third-order valence-electron chi connectivity index (χ3n) is 5.92. The first-order chi connectivity index (χ1) is 16.9. The van der Waals surface area contributed by atoms with Gasteiger partial charge in [0.1, 0.15) is 5.82 Å². The molecule has 1 fully saturated rings. The number of alkyl halides is 3. The normalized spacial score (nSPS) is 14.3. The zero-order chi connectivity index (χ0) is 24.4. The Morgan fingerprint density at radius 1 is 0.886 bits per heavy atom. The third-order valence-corrected chi connectivity index (χ3v) is 5.92. The molecule has 1 aliphatic rings. The molecule has 0 atom stereocenters. The molecule has 2 aromatic carbocycles. The smallest absolute Gasteiger partial charge is 0.355 e. The van der Waals surface area contributed by atoms with Gasteiger partial charge < -0.3 is 15.1 Å². The van der Waals surface area contributed by atoms with E-state index in [1.165, 1.54) is 12.3 Å². The van der Waals surface area contributed by atoms with Gasteiger partial charge in [-0.05, 0) is 42.5 Å². The van der Waals surface area contributed by atoms with E-state index >= 15 is 0 Å². The maximum Gasteiger partial charge on any atom is 0.416 e. The second-order valence-corrected chi connectivity index (χ2v) is 8.13. The fraction of sp³-hybridized carbons (Fsp3) is 0.200. The fourth-order valence-electron chi connectivity index (χ4n) is 4.06. The van der Waals surface area contributed by atoms with Crippen molar-refractivity contribution in [1.82, 2.24) is 19.9 Å². The third kappa shape index (κ3) is 4.86. The van der Waals surface area contributed by atoms with Gasteiger partial charge in [0, 0.05) is 67.1 Å². The summed E-state index contributed by atoms with van der Waals surface area (Å²) < 4.78 is 39.0. The van der Waals surface area contributed by atoms with Gasteiger partial charge in [0.25, 0.3) is 5.91 Å². The van der Waals surface area contributed by atoms with Crippen molar-refractivity contribution in [1.29, 1.82) is 0 Å². The van der Waals surface area contributed by atoms with Crippen LogP contribution >= 0.6 is 0 Å². The van der Waals surface area contributed by atoms with E-state index in [0.717, 1.165) is 18.0 Å². The molecular formula is C25H21F3N6O. The summed E-state index contributed by atoms with van der Waals surface area (Å²) in [6.45, 7) is 2.52. The lowest BCUT2D eigenvalue weighted by molar-refractivity contribution is -0.137. The van der Waals surface area contributed by atoms with Crippen molar-refractivity contribution >= 4 is 34.0 Å². The number of hydrogen-bond acceptors (Lipinski definition) is 6. The molecule has 2 aromatic heterocycles. The van der Waals surface area contributed by atoms with E-state index in [0.29, 0.717) is 48.5 Å². The van der Waals surface area contributed by atoms with Crippen LogP contribution in [-0.2, 0) is 6.18 Å². The van der Waals surface area contributed by atoms with Crippen molar-refractivity contribution < 1.29 is 18.0 Å². The van der Waals surface area contributed by atoms with E-state index in [-0.39, 0.29) is 11.4 Å². The summed E-state index contributed by atoms with van der Waals surface area (Å²) in [6, 6.07) is 12.2. The fourth-order valence-corrected chi connectivity index (χ4v) is 4.06. The average molecular weight is 478 g/mol. The van der Waals surface area contributed by atoms with E-state index in [4.69, 9.17) is 0 Å². The molecule has 1 N–H and O–H groups in total. The Kier molecular flexibility index (Phi) is 5.94. The predicted octanol–water partition coefficient (Wildman–Crippen LogP) is 4.75. The summed E-state index contributed by atoms with van der Waals surface area (Å²) in [4.78, 5) is 29.3. The lowest BCUT2D eigenvalue weighted by Gasteiger charge is -2.35. The molecule has 4 aromatic rings. The number of pyridine rings is 1. The minimum atomic E-state index is -4.43. The van der Waals surface area contributed by atoms with Crippen molar-refractivity contribution in [3.05, 3.63) is 84.4 Å². The number of piperazine rings is 1. The average Bonchev–Trinajstić information content (AvgIpc) is 2.89. The summed E-state index contributed by atoms with van der Waals surface area (Å²) in [6.07, 6.45) is 2.03. The number of nitrogens with zero attached hydrogens (tertiary/aromatic N) is 5. The van der Waals surface area contributed by atoms with Gasteiger partial charge in [0.05, 0.1) is 17.3 Å². The topological polar surface area (TPSA) is 74.2 Å². The summed E-state index contributed by atoms with van der Waals surface area (Å²) >= 11 is 0. The molecule has 1 amide bonds. The Balaban J connectivity index is 1.26. The first kappa shape index (κ1) is 22.6. The molecule has 3 heterocycles. The zero-order valence-corrected chi connectivity index (χ0v) is 18.5. The maximum absolute atomic E-state index is 13.0. The number of benzene rings is 2. The number of fused-ring (bicyclic) bond motifs is 1. The molecule has 0 spiro atoms. The van der Waals surface area contributed by atoms with Crippen LogP contribution in [0, 0.1) is 0 Å². The molecule has 0 aliphatic carbocycles. The second-order valence-electron chi connectivity index (χ2n) is 8.13. The van der Waals surface area contributed by atoms with Gasteiger partial charge in [-0.25, -0.2) is 4.98 Å². The number of rotatable bonds is 4. The van der Waals surface area contributed by atoms with Crippen LogP contribution in [0.15, 0.2) is 73.3 Å². The number of anilines is 3. The molecular weight excluding hydrogens is 457 g/mol. The summed E-state index contributed by atoms with van der Waals surface area (Å²) in [5.74, 6) is 0.748. The number of carbonyl (C=O) groups excluding carboxylic acids is 1. The Hall–Kier alpha value is -4.21. The molecule has 1 saturated heterocycles. The molecule has 0 bridgehead atoms. The summed E-state index contributed by atoms with van der Waals surface area (Å²) in [5.41, 5.74) is 1.41. The van der Waals surface area contributed by atoms with Crippen molar-refractivity contribution in [2.24, 2.45) is 0 Å². The van der Waals surface area contributed by atoms with E-state index in [1.54, 1.807) is 48.9 Å². The zero-order valence-electron chi connectivity index (χ0n) is 18.5. The van der Waals surface area contributed by atoms with Crippen LogP contribution in [0.4, 0.5) is 30.4 Å². The standard InChI is InChI=1S/C25H21F3N6O/c26-25(27,28)18-3-6-20-21(7-8-30-22(20)15-18)32-19-4-1-17(2-5-19)24(35)34-13-11-33(12-14-34)23-16-29-9-10-31-23/h1-10,15-16H,11-14H2,(H,30,32). The van der Waals surface area contributed by atoms with Gasteiger partial charge in [-0.2, -0.15) is 13.2 Å². The highest BCUT2D eigenvalue weighted by Crippen LogP contribution is 2.33. The Morgan fingerprint density at radius 2 is 1.66 bits per heavy atom.